The number of anilines is 1. The van der Waals surface area contributed by atoms with Gasteiger partial charge < -0.3 is 10.1 Å². The number of carbonyl (C=O) groups is 1. The normalized spacial score (nSPS) is 15.0. The smallest absolute Gasteiger partial charge is 0.240 e. The van der Waals surface area contributed by atoms with Gasteiger partial charge in [-0.3, -0.25) is 4.79 Å². The van der Waals surface area contributed by atoms with Crippen molar-refractivity contribution in [1.82, 2.24) is 4.72 Å². The Hall–Kier alpha value is -1.44. The van der Waals surface area contributed by atoms with Gasteiger partial charge in [-0.25, -0.2) is 13.1 Å². The highest BCUT2D eigenvalue weighted by atomic mass is 32.2. The third kappa shape index (κ3) is 4.53. The van der Waals surface area contributed by atoms with Crippen LogP contribution in [-0.4, -0.2) is 34.1 Å². The van der Waals surface area contributed by atoms with Crippen molar-refractivity contribution in [1.29, 1.82) is 0 Å². The van der Waals surface area contributed by atoms with Crippen molar-refractivity contribution >= 4 is 21.6 Å². The summed E-state index contributed by atoms with van der Waals surface area (Å²) in [6, 6.07) is 4.83. The van der Waals surface area contributed by atoms with Gasteiger partial charge in [0.25, 0.3) is 0 Å². The first-order valence-electron chi connectivity index (χ1n) is 7.53. The Labute approximate surface area is 131 Å². The lowest BCUT2D eigenvalue weighted by Gasteiger charge is -2.11. The fourth-order valence-corrected chi connectivity index (χ4v) is 3.45. The molecule has 122 valence electrons. The number of fused-ring (bicyclic) bond motifs is 1. The van der Waals surface area contributed by atoms with Crippen molar-refractivity contribution in [2.75, 3.05) is 25.1 Å². The quantitative estimate of drug-likeness (QED) is 0.747. The van der Waals surface area contributed by atoms with Crippen LogP contribution in [0.4, 0.5) is 5.69 Å². The molecule has 1 aromatic carbocycles. The average molecular weight is 326 g/mol. The zero-order chi connectivity index (χ0) is 16.0. The van der Waals surface area contributed by atoms with Crippen LogP contribution >= 0.6 is 0 Å². The summed E-state index contributed by atoms with van der Waals surface area (Å²) in [7, 11) is -3.52. The maximum atomic E-state index is 12.3. The molecule has 0 saturated heterocycles. The number of ether oxygens (including phenoxy) is 1. The highest BCUT2D eigenvalue weighted by molar-refractivity contribution is 7.89. The van der Waals surface area contributed by atoms with Crippen LogP contribution in [0.5, 0.6) is 0 Å². The first-order chi connectivity index (χ1) is 10.5. The van der Waals surface area contributed by atoms with E-state index >= 15 is 0 Å². The van der Waals surface area contributed by atoms with E-state index < -0.39 is 10.0 Å². The maximum absolute atomic E-state index is 12.3. The van der Waals surface area contributed by atoms with Crippen LogP contribution < -0.4 is 10.0 Å². The number of nitrogens with one attached hydrogen (secondary N) is 2. The molecule has 1 amide bonds. The van der Waals surface area contributed by atoms with Crippen LogP contribution in [0.25, 0.3) is 0 Å². The van der Waals surface area contributed by atoms with Crippen molar-refractivity contribution in [2.45, 2.75) is 37.5 Å². The van der Waals surface area contributed by atoms with Gasteiger partial charge in [-0.1, -0.05) is 0 Å². The second-order valence-corrected chi connectivity index (χ2v) is 6.94. The fraction of sp³-hybridized carbons (Fsp3) is 0.533. The first-order valence-corrected chi connectivity index (χ1v) is 9.01. The predicted molar refractivity (Wildman–Crippen MR) is 84.3 cm³/mol. The molecule has 1 aliphatic heterocycles. The Bertz CT molecular complexity index is 628. The standard InChI is InChI=1S/C15H22N2O4S/c1-2-21-10-4-9-16-22(19,20)13-7-8-14-12(11-13)5-3-6-15(18)17-14/h7-8,11,16H,2-6,9-10H2,1H3,(H,17,18). The molecule has 2 rings (SSSR count). The van der Waals surface area contributed by atoms with Gasteiger partial charge in [0, 0.05) is 31.9 Å². The Morgan fingerprint density at radius 3 is 2.91 bits per heavy atom. The maximum Gasteiger partial charge on any atom is 0.240 e. The minimum absolute atomic E-state index is 0.0246. The van der Waals surface area contributed by atoms with Crippen molar-refractivity contribution in [3.63, 3.8) is 0 Å². The number of hydrogen-bond donors (Lipinski definition) is 2. The molecule has 6 nitrogen and oxygen atoms in total. The minimum atomic E-state index is -3.52. The van der Waals surface area contributed by atoms with Crippen LogP contribution in [-0.2, 0) is 26.0 Å². The molecule has 0 aromatic heterocycles. The number of benzene rings is 1. The minimum Gasteiger partial charge on any atom is -0.382 e. The van der Waals surface area contributed by atoms with Crippen molar-refractivity contribution in [2.24, 2.45) is 0 Å². The monoisotopic (exact) mass is 326 g/mol. The van der Waals surface area contributed by atoms with E-state index in [1.807, 2.05) is 6.92 Å². The summed E-state index contributed by atoms with van der Waals surface area (Å²) in [4.78, 5) is 11.7. The van der Waals surface area contributed by atoms with E-state index in [9.17, 15) is 13.2 Å². The molecule has 2 N–H and O–H groups in total. The van der Waals surface area contributed by atoms with Crippen molar-refractivity contribution in [3.05, 3.63) is 23.8 Å². The molecule has 0 spiro atoms. The van der Waals surface area contributed by atoms with Gasteiger partial charge in [0.15, 0.2) is 0 Å². The number of hydrogen-bond acceptors (Lipinski definition) is 4. The molecule has 0 fully saturated rings. The fourth-order valence-electron chi connectivity index (χ4n) is 2.33. The zero-order valence-electron chi connectivity index (χ0n) is 12.7. The molecular weight excluding hydrogens is 304 g/mol. The molecule has 22 heavy (non-hydrogen) atoms. The topological polar surface area (TPSA) is 84.5 Å². The molecular formula is C15H22N2O4S. The number of carbonyl (C=O) groups excluding carboxylic acids is 1. The molecule has 1 aromatic rings. The molecule has 1 heterocycles. The average Bonchev–Trinajstić information content (AvgIpc) is 2.66. The van der Waals surface area contributed by atoms with E-state index in [1.165, 1.54) is 6.07 Å². The van der Waals surface area contributed by atoms with Gasteiger partial charge in [-0.2, -0.15) is 0 Å². The second-order valence-electron chi connectivity index (χ2n) is 5.17. The van der Waals surface area contributed by atoms with E-state index in [-0.39, 0.29) is 10.8 Å². The van der Waals surface area contributed by atoms with Gasteiger partial charge in [0.2, 0.25) is 15.9 Å². The highest BCUT2D eigenvalue weighted by Gasteiger charge is 2.18. The number of aryl methyl sites for hydroxylation is 1. The van der Waals surface area contributed by atoms with E-state index in [0.29, 0.717) is 44.7 Å². The summed E-state index contributed by atoms with van der Waals surface area (Å²) in [5.74, 6) is -0.0246. The second kappa shape index (κ2) is 7.71. The summed E-state index contributed by atoms with van der Waals surface area (Å²) in [6.07, 6.45) is 2.52. The summed E-state index contributed by atoms with van der Waals surface area (Å²) >= 11 is 0. The Morgan fingerprint density at radius 1 is 1.32 bits per heavy atom. The summed E-state index contributed by atoms with van der Waals surface area (Å²) in [5.41, 5.74) is 1.57. The molecule has 0 bridgehead atoms. The lowest BCUT2D eigenvalue weighted by molar-refractivity contribution is -0.116. The molecule has 7 heteroatoms. The van der Waals surface area contributed by atoms with E-state index in [0.717, 1.165) is 12.0 Å². The van der Waals surface area contributed by atoms with Gasteiger partial charge in [-0.15, -0.1) is 0 Å². The van der Waals surface area contributed by atoms with Crippen molar-refractivity contribution < 1.29 is 17.9 Å². The van der Waals surface area contributed by atoms with Gasteiger partial charge >= 0.3 is 0 Å². The molecule has 0 saturated carbocycles. The van der Waals surface area contributed by atoms with Crippen LogP contribution in [0.15, 0.2) is 23.1 Å². The van der Waals surface area contributed by atoms with E-state index in [4.69, 9.17) is 4.74 Å². The van der Waals surface area contributed by atoms with Crippen LogP contribution in [0.3, 0.4) is 0 Å². The molecule has 1 aliphatic rings. The summed E-state index contributed by atoms with van der Waals surface area (Å²) in [5, 5.41) is 2.80. The molecule has 0 radical (unpaired) electrons. The van der Waals surface area contributed by atoms with E-state index in [1.54, 1.807) is 12.1 Å². The molecule has 0 aliphatic carbocycles. The van der Waals surface area contributed by atoms with Gasteiger partial charge in [0.1, 0.15) is 0 Å². The number of rotatable bonds is 7. The zero-order valence-corrected chi connectivity index (χ0v) is 13.5. The van der Waals surface area contributed by atoms with E-state index in [2.05, 4.69) is 10.0 Å². The lowest BCUT2D eigenvalue weighted by atomic mass is 10.1. The highest BCUT2D eigenvalue weighted by Crippen LogP contribution is 2.25. The van der Waals surface area contributed by atoms with Crippen LogP contribution in [0, 0.1) is 0 Å². The predicted octanol–water partition coefficient (Wildman–Crippen LogP) is 1.67. The largest absolute Gasteiger partial charge is 0.382 e. The lowest BCUT2D eigenvalue weighted by Crippen LogP contribution is -2.25. The van der Waals surface area contributed by atoms with Gasteiger partial charge in [0.05, 0.1) is 4.90 Å². The molecule has 0 unspecified atom stereocenters. The van der Waals surface area contributed by atoms with Gasteiger partial charge in [-0.05, 0) is 49.9 Å². The number of amides is 1. The number of sulfonamides is 1. The SMILES string of the molecule is CCOCCCNS(=O)(=O)c1ccc2c(c1)CCCC(=O)N2. The van der Waals surface area contributed by atoms with Crippen LogP contribution in [0.1, 0.15) is 31.7 Å². The first kappa shape index (κ1) is 16.9. The molecule has 0 atom stereocenters. The van der Waals surface area contributed by atoms with Crippen molar-refractivity contribution in [3.8, 4) is 0 Å². The Morgan fingerprint density at radius 2 is 2.14 bits per heavy atom. The van der Waals surface area contributed by atoms with Crippen LogP contribution in [0.2, 0.25) is 0 Å². The Balaban J connectivity index is 2.05. The Kier molecular flexibility index (Phi) is 5.93. The summed E-state index contributed by atoms with van der Waals surface area (Å²) < 4.78 is 32.3. The summed E-state index contributed by atoms with van der Waals surface area (Å²) in [6.45, 7) is 3.41. The third-order valence-corrected chi connectivity index (χ3v) is 4.93. The third-order valence-electron chi connectivity index (χ3n) is 3.47.